The van der Waals surface area contributed by atoms with Crippen LogP contribution in [0.5, 0.6) is 0 Å². The van der Waals surface area contributed by atoms with Crippen molar-refractivity contribution >= 4 is 36.4 Å². The van der Waals surface area contributed by atoms with Gasteiger partial charge in [0.25, 0.3) is 0 Å². The maximum absolute atomic E-state index is 12.5. The van der Waals surface area contributed by atoms with Gasteiger partial charge in [0.05, 0.1) is 17.8 Å². The number of hydrogen-bond donors (Lipinski definition) is 1. The van der Waals surface area contributed by atoms with Gasteiger partial charge in [0.15, 0.2) is 0 Å². The summed E-state index contributed by atoms with van der Waals surface area (Å²) in [7, 11) is 3.56. The number of hydrogen-bond acceptors (Lipinski definition) is 3. The Morgan fingerprint density at radius 1 is 1.27 bits per heavy atom. The summed E-state index contributed by atoms with van der Waals surface area (Å²) in [6.45, 7) is 1.85. The van der Waals surface area contributed by atoms with Gasteiger partial charge in [-0.3, -0.25) is 9.48 Å². The van der Waals surface area contributed by atoms with E-state index in [0.29, 0.717) is 0 Å². The molecule has 122 valence electrons. The molecule has 2 rings (SSSR count). The molecule has 2 N–H and O–H groups in total. The Labute approximate surface area is 143 Å². The van der Waals surface area contributed by atoms with E-state index < -0.39 is 0 Å². The molecular formula is C15H22Cl2N4O. The first-order valence-electron chi connectivity index (χ1n) is 6.57. The van der Waals surface area contributed by atoms with Crippen LogP contribution in [0.3, 0.4) is 0 Å². The highest BCUT2D eigenvalue weighted by Crippen LogP contribution is 2.22. The van der Waals surface area contributed by atoms with E-state index in [9.17, 15) is 4.79 Å². The van der Waals surface area contributed by atoms with E-state index in [1.807, 2.05) is 44.3 Å². The van der Waals surface area contributed by atoms with Crippen LogP contribution in [0.4, 0.5) is 5.69 Å². The number of amides is 1. The molecule has 0 aliphatic rings. The molecular weight excluding hydrogens is 323 g/mol. The minimum absolute atomic E-state index is 0. The molecule has 0 fully saturated rings. The van der Waals surface area contributed by atoms with Crippen molar-refractivity contribution in [1.29, 1.82) is 0 Å². The third-order valence-corrected chi connectivity index (χ3v) is 3.52. The van der Waals surface area contributed by atoms with Gasteiger partial charge in [-0.15, -0.1) is 24.8 Å². The lowest BCUT2D eigenvalue weighted by molar-refractivity contribution is -0.122. The number of rotatable bonds is 4. The molecule has 2 unspecified atom stereocenters. The Balaban J connectivity index is 0.00000220. The molecule has 0 spiro atoms. The van der Waals surface area contributed by atoms with Gasteiger partial charge in [0.2, 0.25) is 5.91 Å². The number of anilines is 1. The molecule has 0 bridgehead atoms. The first kappa shape index (κ1) is 20.4. The highest BCUT2D eigenvalue weighted by molar-refractivity contribution is 5.94. The summed E-state index contributed by atoms with van der Waals surface area (Å²) in [4.78, 5) is 14.1. The lowest BCUT2D eigenvalue weighted by Gasteiger charge is -2.24. The zero-order valence-electron chi connectivity index (χ0n) is 12.8. The van der Waals surface area contributed by atoms with Gasteiger partial charge in [0.1, 0.15) is 0 Å². The lowest BCUT2D eigenvalue weighted by Crippen LogP contribution is -2.36. The van der Waals surface area contributed by atoms with Gasteiger partial charge in [0, 0.05) is 26.3 Å². The minimum atomic E-state index is -0.317. The molecule has 1 aromatic heterocycles. The van der Waals surface area contributed by atoms with E-state index in [1.165, 1.54) is 0 Å². The highest BCUT2D eigenvalue weighted by atomic mass is 35.5. The number of benzene rings is 1. The Morgan fingerprint density at radius 3 is 2.36 bits per heavy atom. The maximum Gasteiger partial charge on any atom is 0.231 e. The first-order chi connectivity index (χ1) is 9.50. The normalized spacial score (nSPS) is 12.5. The van der Waals surface area contributed by atoms with Crippen molar-refractivity contribution < 1.29 is 4.79 Å². The van der Waals surface area contributed by atoms with Gasteiger partial charge in [-0.05, 0) is 5.56 Å². The fourth-order valence-corrected chi connectivity index (χ4v) is 2.13. The van der Waals surface area contributed by atoms with Crippen molar-refractivity contribution in [2.24, 2.45) is 18.7 Å². The van der Waals surface area contributed by atoms with Crippen molar-refractivity contribution in [1.82, 2.24) is 9.78 Å². The van der Waals surface area contributed by atoms with Crippen molar-refractivity contribution in [2.75, 3.05) is 11.9 Å². The molecule has 1 aromatic carbocycles. The van der Waals surface area contributed by atoms with Crippen LogP contribution in [0, 0.1) is 5.92 Å². The number of halogens is 2. The van der Waals surface area contributed by atoms with E-state index in [-0.39, 0.29) is 42.7 Å². The van der Waals surface area contributed by atoms with Gasteiger partial charge in [-0.1, -0.05) is 37.3 Å². The summed E-state index contributed by atoms with van der Waals surface area (Å²) < 4.78 is 1.67. The van der Waals surface area contributed by atoms with Crippen LogP contribution >= 0.6 is 24.8 Å². The van der Waals surface area contributed by atoms with Crippen molar-refractivity contribution in [2.45, 2.75) is 13.0 Å². The molecule has 0 radical (unpaired) electrons. The number of carbonyl (C=O) groups excluding carboxylic acids is 1. The molecule has 1 heterocycles. The molecule has 0 aliphatic carbocycles. The molecule has 2 aromatic rings. The van der Waals surface area contributed by atoms with E-state index in [2.05, 4.69) is 5.10 Å². The van der Waals surface area contributed by atoms with Crippen LogP contribution in [0.2, 0.25) is 0 Å². The lowest BCUT2D eigenvalue weighted by atomic mass is 9.94. The van der Waals surface area contributed by atoms with Gasteiger partial charge < -0.3 is 10.6 Å². The zero-order chi connectivity index (χ0) is 14.7. The molecule has 0 aliphatic heterocycles. The Hall–Kier alpha value is -1.56. The van der Waals surface area contributed by atoms with Crippen LogP contribution in [0.15, 0.2) is 42.7 Å². The minimum Gasteiger partial charge on any atom is -0.323 e. The number of aromatic nitrogens is 2. The quantitative estimate of drug-likeness (QED) is 0.926. The predicted octanol–water partition coefficient (Wildman–Crippen LogP) is 2.56. The number of aryl methyl sites for hydroxylation is 1. The zero-order valence-corrected chi connectivity index (χ0v) is 14.5. The van der Waals surface area contributed by atoms with Crippen LogP contribution in [-0.4, -0.2) is 22.7 Å². The predicted molar refractivity (Wildman–Crippen MR) is 93.6 cm³/mol. The van der Waals surface area contributed by atoms with E-state index in [4.69, 9.17) is 5.73 Å². The van der Waals surface area contributed by atoms with Gasteiger partial charge >= 0.3 is 0 Å². The fourth-order valence-electron chi connectivity index (χ4n) is 2.13. The van der Waals surface area contributed by atoms with E-state index >= 15 is 0 Å². The van der Waals surface area contributed by atoms with Crippen LogP contribution in [0.1, 0.15) is 18.5 Å². The molecule has 0 saturated heterocycles. The highest BCUT2D eigenvalue weighted by Gasteiger charge is 2.26. The summed E-state index contributed by atoms with van der Waals surface area (Å²) in [6, 6.07) is 9.36. The van der Waals surface area contributed by atoms with Crippen molar-refractivity contribution in [3.8, 4) is 0 Å². The molecule has 0 saturated carbocycles. The SMILES string of the molecule is CC(C(=O)N(C)c1cnn(C)c1)C(N)c1ccccc1.Cl.Cl. The fraction of sp³-hybridized carbons (Fsp3) is 0.333. The van der Waals surface area contributed by atoms with E-state index in [0.717, 1.165) is 11.3 Å². The molecule has 2 atom stereocenters. The van der Waals surface area contributed by atoms with Crippen LogP contribution in [0.25, 0.3) is 0 Å². The topological polar surface area (TPSA) is 64.2 Å². The van der Waals surface area contributed by atoms with Gasteiger partial charge in [-0.25, -0.2) is 0 Å². The Kier molecular flexibility index (Phi) is 8.16. The number of nitrogens with zero attached hydrogens (tertiary/aromatic N) is 3. The maximum atomic E-state index is 12.5. The first-order valence-corrected chi connectivity index (χ1v) is 6.57. The van der Waals surface area contributed by atoms with E-state index in [1.54, 1.807) is 29.0 Å². The summed E-state index contributed by atoms with van der Waals surface area (Å²) in [5, 5.41) is 4.07. The summed E-state index contributed by atoms with van der Waals surface area (Å²) in [5.74, 6) is -0.322. The number of nitrogens with two attached hydrogens (primary N) is 1. The summed E-state index contributed by atoms with van der Waals surface area (Å²) in [5.41, 5.74) is 7.93. The standard InChI is InChI=1S/C15H20N4O.2ClH/c1-11(14(16)12-7-5-4-6-8-12)15(20)19(3)13-9-17-18(2)10-13;;/h4-11,14H,16H2,1-3H3;2*1H. The third-order valence-electron chi connectivity index (χ3n) is 3.52. The molecule has 5 nitrogen and oxygen atoms in total. The molecule has 1 amide bonds. The second-order valence-corrected chi connectivity index (χ2v) is 4.99. The monoisotopic (exact) mass is 344 g/mol. The number of carbonyl (C=O) groups is 1. The second-order valence-electron chi connectivity index (χ2n) is 4.99. The van der Waals surface area contributed by atoms with Crippen molar-refractivity contribution in [3.05, 3.63) is 48.3 Å². The third kappa shape index (κ3) is 4.47. The average Bonchev–Trinajstić information content (AvgIpc) is 2.91. The second kappa shape index (κ2) is 8.78. The van der Waals surface area contributed by atoms with Gasteiger partial charge in [-0.2, -0.15) is 5.10 Å². The van der Waals surface area contributed by atoms with Crippen molar-refractivity contribution in [3.63, 3.8) is 0 Å². The molecule has 22 heavy (non-hydrogen) atoms. The molecule has 7 heteroatoms. The van der Waals surface area contributed by atoms with Crippen LogP contribution < -0.4 is 10.6 Å². The smallest absolute Gasteiger partial charge is 0.231 e. The van der Waals surface area contributed by atoms with Crippen LogP contribution in [-0.2, 0) is 11.8 Å². The summed E-state index contributed by atoms with van der Waals surface area (Å²) >= 11 is 0. The Morgan fingerprint density at radius 2 is 1.86 bits per heavy atom. The average molecular weight is 345 g/mol. The largest absolute Gasteiger partial charge is 0.323 e. The Bertz CT molecular complexity index is 588. The summed E-state index contributed by atoms with van der Waals surface area (Å²) in [6.07, 6.45) is 3.47.